The summed E-state index contributed by atoms with van der Waals surface area (Å²) in [4.78, 5) is 20.5. The topological polar surface area (TPSA) is 60.4 Å². The van der Waals surface area contributed by atoms with Crippen molar-refractivity contribution >= 4 is 12.0 Å². The van der Waals surface area contributed by atoms with Crippen LogP contribution in [-0.2, 0) is 16.0 Å². The Balaban J connectivity index is 1.40. The van der Waals surface area contributed by atoms with E-state index in [1.165, 1.54) is 4.90 Å². The van der Waals surface area contributed by atoms with Gasteiger partial charge in [-0.3, -0.25) is 4.90 Å². The Labute approximate surface area is 186 Å². The van der Waals surface area contributed by atoms with Crippen molar-refractivity contribution in [3.05, 3.63) is 114 Å². The van der Waals surface area contributed by atoms with Gasteiger partial charge in [0.05, 0.1) is 6.42 Å². The number of benzene rings is 3. The van der Waals surface area contributed by atoms with Gasteiger partial charge in [0.2, 0.25) is 5.90 Å². The molecule has 3 aromatic rings. The zero-order chi connectivity index (χ0) is 21.8. The van der Waals surface area contributed by atoms with Crippen molar-refractivity contribution in [2.45, 2.75) is 24.7 Å². The zero-order valence-corrected chi connectivity index (χ0v) is 17.3. The molecule has 2 heterocycles. The standard InChI is InChI=1S/C26H22N2O4/c29-26(30-21-14-8-3-9-15-21)28-17-16-22-25(24(28)20-12-6-2-7-13-20)32-27-23(31-22)18-19-10-4-1-5-11-19/h1-17,22,24-25H,18H2/t22-,24+,25-/m1/s1. The van der Waals surface area contributed by atoms with Crippen molar-refractivity contribution < 1.29 is 19.1 Å². The van der Waals surface area contributed by atoms with Crippen LogP contribution in [0.4, 0.5) is 4.79 Å². The first kappa shape index (κ1) is 19.9. The molecule has 6 nitrogen and oxygen atoms in total. The number of para-hydroxylation sites is 1. The maximum atomic E-state index is 13.1. The molecule has 2 aliphatic rings. The van der Waals surface area contributed by atoms with E-state index in [1.54, 1.807) is 18.3 Å². The van der Waals surface area contributed by atoms with E-state index >= 15 is 0 Å². The van der Waals surface area contributed by atoms with E-state index in [1.807, 2.05) is 84.9 Å². The minimum Gasteiger partial charge on any atom is -0.467 e. The molecule has 0 unspecified atom stereocenters. The summed E-state index contributed by atoms with van der Waals surface area (Å²) < 4.78 is 11.7. The molecule has 0 saturated heterocycles. The van der Waals surface area contributed by atoms with E-state index in [0.29, 0.717) is 18.1 Å². The highest BCUT2D eigenvalue weighted by Gasteiger charge is 2.44. The number of hydrogen-bond donors (Lipinski definition) is 0. The largest absolute Gasteiger partial charge is 0.467 e. The highest BCUT2D eigenvalue weighted by molar-refractivity contribution is 5.79. The summed E-state index contributed by atoms with van der Waals surface area (Å²) in [6.45, 7) is 0. The number of carbonyl (C=O) groups is 1. The second kappa shape index (κ2) is 8.98. The Bertz CT molecular complexity index is 1120. The minimum atomic E-state index is -0.509. The number of rotatable bonds is 4. The molecule has 6 heteroatoms. The van der Waals surface area contributed by atoms with Crippen molar-refractivity contribution in [3.63, 3.8) is 0 Å². The van der Waals surface area contributed by atoms with Gasteiger partial charge in [-0.05, 0) is 29.3 Å². The lowest BCUT2D eigenvalue weighted by atomic mass is 9.93. The van der Waals surface area contributed by atoms with Crippen molar-refractivity contribution in [1.82, 2.24) is 4.90 Å². The highest BCUT2D eigenvalue weighted by Crippen LogP contribution is 2.36. The summed E-state index contributed by atoms with van der Waals surface area (Å²) in [5, 5.41) is 4.24. The Morgan fingerprint density at radius 1 is 0.906 bits per heavy atom. The van der Waals surface area contributed by atoms with Gasteiger partial charge >= 0.3 is 6.09 Å². The maximum absolute atomic E-state index is 13.1. The zero-order valence-electron chi connectivity index (χ0n) is 17.3. The van der Waals surface area contributed by atoms with Gasteiger partial charge in [-0.1, -0.05) is 84.0 Å². The molecule has 2 aliphatic heterocycles. The minimum absolute atomic E-state index is 0.378. The molecule has 0 radical (unpaired) electrons. The molecule has 0 aromatic heterocycles. The van der Waals surface area contributed by atoms with E-state index in [-0.39, 0.29) is 6.10 Å². The summed E-state index contributed by atoms with van der Waals surface area (Å²) in [5.74, 6) is 0.984. The average molecular weight is 426 g/mol. The smallest absolute Gasteiger partial charge is 0.419 e. The van der Waals surface area contributed by atoms with Crippen LogP contribution in [0, 0.1) is 0 Å². The molecular formula is C26H22N2O4. The third-order valence-corrected chi connectivity index (χ3v) is 5.42. The second-order valence-corrected chi connectivity index (χ2v) is 7.59. The van der Waals surface area contributed by atoms with Crippen LogP contribution in [0.2, 0.25) is 0 Å². The number of nitrogens with zero attached hydrogens (tertiary/aromatic N) is 2. The van der Waals surface area contributed by atoms with Gasteiger partial charge in [0.25, 0.3) is 0 Å². The number of carbonyl (C=O) groups excluding carboxylic acids is 1. The maximum Gasteiger partial charge on any atom is 0.419 e. The predicted octanol–water partition coefficient (Wildman–Crippen LogP) is 5.10. The molecule has 0 bridgehead atoms. The average Bonchev–Trinajstić information content (AvgIpc) is 2.85. The fourth-order valence-electron chi connectivity index (χ4n) is 3.90. The molecule has 32 heavy (non-hydrogen) atoms. The third kappa shape index (κ3) is 4.21. The summed E-state index contributed by atoms with van der Waals surface area (Å²) in [6, 6.07) is 28.2. The monoisotopic (exact) mass is 426 g/mol. The van der Waals surface area contributed by atoms with Crippen LogP contribution in [0.25, 0.3) is 0 Å². The van der Waals surface area contributed by atoms with Crippen molar-refractivity contribution in [1.29, 1.82) is 0 Å². The first-order valence-electron chi connectivity index (χ1n) is 10.5. The summed E-state index contributed by atoms with van der Waals surface area (Å²) in [5.41, 5.74) is 1.99. The van der Waals surface area contributed by atoms with Gasteiger partial charge < -0.3 is 14.3 Å². The van der Waals surface area contributed by atoms with Crippen molar-refractivity contribution in [2.24, 2.45) is 5.16 Å². The normalized spacial score (nSPS) is 21.6. The third-order valence-electron chi connectivity index (χ3n) is 5.42. The van der Waals surface area contributed by atoms with E-state index in [9.17, 15) is 4.79 Å². The summed E-state index contributed by atoms with van der Waals surface area (Å²) >= 11 is 0. The Hall–Kier alpha value is -4.06. The van der Waals surface area contributed by atoms with Gasteiger partial charge in [0.15, 0.2) is 12.2 Å². The van der Waals surface area contributed by atoms with Crippen LogP contribution < -0.4 is 4.74 Å². The number of fused-ring (bicyclic) bond motifs is 1. The first-order valence-corrected chi connectivity index (χ1v) is 10.5. The molecular weight excluding hydrogens is 404 g/mol. The molecule has 0 aliphatic carbocycles. The van der Waals surface area contributed by atoms with E-state index < -0.39 is 18.2 Å². The lowest BCUT2D eigenvalue weighted by Crippen LogP contribution is -2.50. The van der Waals surface area contributed by atoms with Crippen LogP contribution in [0.1, 0.15) is 17.2 Å². The number of amides is 1. The van der Waals surface area contributed by atoms with Gasteiger partial charge in [0.1, 0.15) is 11.8 Å². The SMILES string of the molecule is O=C(Oc1ccccc1)N1C=C[C@H]2OC(Cc3ccccc3)=NO[C@H]2[C@@H]1c1ccccc1. The second-order valence-electron chi connectivity index (χ2n) is 7.59. The molecule has 160 valence electrons. The highest BCUT2D eigenvalue weighted by atomic mass is 16.7. The molecule has 3 aromatic carbocycles. The molecule has 1 amide bonds. The van der Waals surface area contributed by atoms with Gasteiger partial charge in [0, 0.05) is 6.20 Å². The van der Waals surface area contributed by atoms with Crippen LogP contribution in [-0.4, -0.2) is 29.1 Å². The van der Waals surface area contributed by atoms with Crippen LogP contribution in [0.5, 0.6) is 5.75 Å². The predicted molar refractivity (Wildman–Crippen MR) is 120 cm³/mol. The van der Waals surface area contributed by atoms with E-state index in [4.69, 9.17) is 14.3 Å². The van der Waals surface area contributed by atoms with Gasteiger partial charge in [-0.2, -0.15) is 0 Å². The molecule has 5 rings (SSSR count). The quantitative estimate of drug-likeness (QED) is 0.583. The molecule has 3 atom stereocenters. The summed E-state index contributed by atoms with van der Waals surface area (Å²) in [6.07, 6.45) is 2.67. The lowest BCUT2D eigenvalue weighted by Gasteiger charge is -2.41. The molecule has 0 N–H and O–H groups in total. The molecule has 0 saturated carbocycles. The van der Waals surface area contributed by atoms with Crippen LogP contribution >= 0.6 is 0 Å². The van der Waals surface area contributed by atoms with Gasteiger partial charge in [-0.25, -0.2) is 4.79 Å². The fourth-order valence-corrected chi connectivity index (χ4v) is 3.90. The van der Waals surface area contributed by atoms with E-state index in [0.717, 1.165) is 11.1 Å². The number of hydrogen-bond acceptors (Lipinski definition) is 5. The van der Waals surface area contributed by atoms with Crippen LogP contribution in [0.15, 0.2) is 108 Å². The van der Waals surface area contributed by atoms with Crippen LogP contribution in [0.3, 0.4) is 0 Å². The van der Waals surface area contributed by atoms with Crippen molar-refractivity contribution in [3.8, 4) is 5.75 Å². The Kier molecular flexibility index (Phi) is 5.58. The lowest BCUT2D eigenvalue weighted by molar-refractivity contribution is -0.0843. The summed E-state index contributed by atoms with van der Waals surface area (Å²) in [7, 11) is 0. The molecule has 0 fully saturated rings. The molecule has 0 spiro atoms. The fraction of sp³-hybridized carbons (Fsp3) is 0.154. The first-order chi connectivity index (χ1) is 15.8. The van der Waals surface area contributed by atoms with Crippen molar-refractivity contribution in [2.75, 3.05) is 0 Å². The van der Waals surface area contributed by atoms with Gasteiger partial charge in [-0.15, -0.1) is 0 Å². The number of ether oxygens (including phenoxy) is 2. The Morgan fingerprint density at radius 2 is 1.56 bits per heavy atom. The van der Waals surface area contributed by atoms with E-state index in [2.05, 4.69) is 5.16 Å². The number of oxime groups is 1. The Morgan fingerprint density at radius 3 is 2.28 bits per heavy atom.